The Balaban J connectivity index is 2.03. The van der Waals surface area contributed by atoms with Crippen molar-refractivity contribution in [3.63, 3.8) is 0 Å². The van der Waals surface area contributed by atoms with Gasteiger partial charge in [0.05, 0.1) is 0 Å². The van der Waals surface area contributed by atoms with Crippen LogP contribution in [0, 0.1) is 5.41 Å². The van der Waals surface area contributed by atoms with Crippen LogP contribution in [0.3, 0.4) is 0 Å². The quantitative estimate of drug-likeness (QED) is 0.777. The maximum absolute atomic E-state index is 12.9. The molecule has 0 saturated carbocycles. The van der Waals surface area contributed by atoms with Crippen molar-refractivity contribution in [1.82, 2.24) is 9.80 Å². The van der Waals surface area contributed by atoms with Crippen molar-refractivity contribution in [2.24, 2.45) is 5.41 Å². The molecule has 2 rings (SSSR count). The van der Waals surface area contributed by atoms with E-state index >= 15 is 0 Å². The van der Waals surface area contributed by atoms with E-state index in [1.54, 1.807) is 34.1 Å². The normalized spacial score (nSPS) is 16.1. The standard InChI is InChI=1S/C22H33N3O5/c1-21(2,3)17(19(27)28)23-16-9-7-8-15(14-16)18(26)24-10-12-25(13-11-24)20(29)30-22(4,5)6/h7-9,14,17,23H,10-13H2,1-6H3,(H,27,28)/t17-/m1/s1. The van der Waals surface area contributed by atoms with Crippen LogP contribution in [0.25, 0.3) is 0 Å². The summed E-state index contributed by atoms with van der Waals surface area (Å²) in [7, 11) is 0. The van der Waals surface area contributed by atoms with Crippen molar-refractivity contribution in [2.75, 3.05) is 31.5 Å². The lowest BCUT2D eigenvalue weighted by atomic mass is 9.86. The second kappa shape index (κ2) is 8.93. The molecule has 0 aromatic heterocycles. The molecule has 8 heteroatoms. The number of nitrogens with one attached hydrogen (secondary N) is 1. The first-order valence-electron chi connectivity index (χ1n) is 10.1. The van der Waals surface area contributed by atoms with Crippen LogP contribution in [-0.4, -0.2) is 70.7 Å². The van der Waals surface area contributed by atoms with Gasteiger partial charge in [-0.05, 0) is 44.4 Å². The minimum atomic E-state index is -0.947. The molecule has 1 aliphatic heterocycles. The molecule has 0 aliphatic carbocycles. The van der Waals surface area contributed by atoms with Gasteiger partial charge in [0.25, 0.3) is 5.91 Å². The van der Waals surface area contributed by atoms with Gasteiger partial charge in [-0.3, -0.25) is 4.79 Å². The maximum Gasteiger partial charge on any atom is 0.410 e. The molecule has 1 fully saturated rings. The zero-order chi connectivity index (χ0) is 22.7. The molecule has 2 amide bonds. The Kier molecular flexibility index (Phi) is 7.00. The smallest absolute Gasteiger partial charge is 0.410 e. The number of hydrogen-bond acceptors (Lipinski definition) is 5. The highest BCUT2D eigenvalue weighted by molar-refractivity contribution is 5.95. The van der Waals surface area contributed by atoms with Gasteiger partial charge in [0.15, 0.2) is 0 Å². The van der Waals surface area contributed by atoms with Gasteiger partial charge < -0.3 is 25.0 Å². The van der Waals surface area contributed by atoms with Crippen molar-refractivity contribution in [3.8, 4) is 0 Å². The van der Waals surface area contributed by atoms with Crippen LogP contribution >= 0.6 is 0 Å². The minimum Gasteiger partial charge on any atom is -0.480 e. The second-order valence-electron chi connectivity index (χ2n) is 9.62. The van der Waals surface area contributed by atoms with Crippen molar-refractivity contribution in [2.45, 2.75) is 53.2 Å². The van der Waals surface area contributed by atoms with Gasteiger partial charge in [0.1, 0.15) is 11.6 Å². The topological polar surface area (TPSA) is 99.2 Å². The summed E-state index contributed by atoms with van der Waals surface area (Å²) in [5, 5.41) is 12.5. The van der Waals surface area contributed by atoms with Gasteiger partial charge >= 0.3 is 12.1 Å². The molecule has 8 nitrogen and oxygen atoms in total. The van der Waals surface area contributed by atoms with E-state index in [0.29, 0.717) is 37.4 Å². The van der Waals surface area contributed by atoms with Crippen LogP contribution in [0.5, 0.6) is 0 Å². The third-order valence-electron chi connectivity index (χ3n) is 4.75. The lowest BCUT2D eigenvalue weighted by Crippen LogP contribution is -2.51. The first-order valence-corrected chi connectivity index (χ1v) is 10.1. The van der Waals surface area contributed by atoms with Crippen LogP contribution in [0.4, 0.5) is 10.5 Å². The summed E-state index contributed by atoms with van der Waals surface area (Å²) >= 11 is 0. The number of anilines is 1. The van der Waals surface area contributed by atoms with E-state index in [0.717, 1.165) is 0 Å². The Morgan fingerprint density at radius 2 is 1.57 bits per heavy atom. The summed E-state index contributed by atoms with van der Waals surface area (Å²) in [6.07, 6.45) is -0.373. The van der Waals surface area contributed by atoms with Gasteiger partial charge in [-0.1, -0.05) is 26.8 Å². The monoisotopic (exact) mass is 419 g/mol. The SMILES string of the molecule is CC(C)(C)OC(=O)N1CCN(C(=O)c2cccc(N[C@H](C(=O)O)C(C)(C)C)c2)CC1. The lowest BCUT2D eigenvalue weighted by molar-refractivity contribution is -0.140. The number of carboxylic acid groups (broad SMARTS) is 1. The maximum atomic E-state index is 12.9. The van der Waals surface area contributed by atoms with Gasteiger partial charge in [0, 0.05) is 37.4 Å². The number of benzene rings is 1. The molecule has 1 aromatic carbocycles. The predicted octanol–water partition coefficient (Wildman–Crippen LogP) is 3.29. The van der Waals surface area contributed by atoms with E-state index in [-0.39, 0.29) is 12.0 Å². The third kappa shape index (κ3) is 6.37. The largest absolute Gasteiger partial charge is 0.480 e. The van der Waals surface area contributed by atoms with Gasteiger partial charge in [0.2, 0.25) is 0 Å². The number of hydrogen-bond donors (Lipinski definition) is 2. The molecule has 0 unspecified atom stereocenters. The Morgan fingerprint density at radius 1 is 1.00 bits per heavy atom. The van der Waals surface area contributed by atoms with Crippen LogP contribution in [0.1, 0.15) is 51.9 Å². The molecule has 1 atom stereocenters. The number of piperazine rings is 1. The second-order valence-corrected chi connectivity index (χ2v) is 9.62. The zero-order valence-corrected chi connectivity index (χ0v) is 18.7. The number of nitrogens with zero attached hydrogens (tertiary/aromatic N) is 2. The molecule has 166 valence electrons. The number of aliphatic carboxylic acids is 1. The highest BCUT2D eigenvalue weighted by Crippen LogP contribution is 2.24. The molecular formula is C22H33N3O5. The van der Waals surface area contributed by atoms with E-state index in [9.17, 15) is 19.5 Å². The predicted molar refractivity (Wildman–Crippen MR) is 115 cm³/mol. The van der Waals surface area contributed by atoms with Gasteiger partial charge in [-0.25, -0.2) is 9.59 Å². The fourth-order valence-electron chi connectivity index (χ4n) is 3.16. The number of amides is 2. The summed E-state index contributed by atoms with van der Waals surface area (Å²) in [5.41, 5.74) is 0.00155. The highest BCUT2D eigenvalue weighted by atomic mass is 16.6. The van der Waals surface area contributed by atoms with Crippen molar-refractivity contribution in [1.29, 1.82) is 0 Å². The number of rotatable bonds is 4. The van der Waals surface area contributed by atoms with Crippen LogP contribution in [0.15, 0.2) is 24.3 Å². The fourth-order valence-corrected chi connectivity index (χ4v) is 3.16. The van der Waals surface area contributed by atoms with Gasteiger partial charge in [-0.15, -0.1) is 0 Å². The Labute approximate surface area is 178 Å². The van der Waals surface area contributed by atoms with Gasteiger partial charge in [-0.2, -0.15) is 0 Å². The summed E-state index contributed by atoms with van der Waals surface area (Å²) in [6, 6.07) is 6.07. The van der Waals surface area contributed by atoms with Crippen LogP contribution in [0.2, 0.25) is 0 Å². The number of carboxylic acids is 1. The van der Waals surface area contributed by atoms with E-state index < -0.39 is 23.0 Å². The summed E-state index contributed by atoms with van der Waals surface area (Å²) in [6.45, 7) is 12.6. The molecule has 1 aromatic rings. The average molecular weight is 420 g/mol. The number of carbonyl (C=O) groups is 3. The average Bonchev–Trinajstić information content (AvgIpc) is 2.63. The van der Waals surface area contributed by atoms with E-state index in [4.69, 9.17) is 4.74 Å². The van der Waals surface area contributed by atoms with E-state index in [1.165, 1.54) is 0 Å². The number of carbonyl (C=O) groups excluding carboxylic acids is 2. The minimum absolute atomic E-state index is 0.148. The Bertz CT molecular complexity index is 787. The van der Waals surface area contributed by atoms with Crippen molar-refractivity contribution < 1.29 is 24.2 Å². The van der Waals surface area contributed by atoms with Crippen LogP contribution < -0.4 is 5.32 Å². The molecule has 0 spiro atoms. The first-order chi connectivity index (χ1) is 13.8. The van der Waals surface area contributed by atoms with E-state index in [2.05, 4.69) is 5.32 Å². The Morgan fingerprint density at radius 3 is 2.07 bits per heavy atom. The summed E-state index contributed by atoms with van der Waals surface area (Å²) < 4.78 is 5.38. The molecule has 1 heterocycles. The van der Waals surface area contributed by atoms with Crippen LogP contribution in [-0.2, 0) is 9.53 Å². The fraction of sp³-hybridized carbons (Fsp3) is 0.591. The van der Waals surface area contributed by atoms with Crippen molar-refractivity contribution >= 4 is 23.7 Å². The zero-order valence-electron chi connectivity index (χ0n) is 18.7. The molecule has 30 heavy (non-hydrogen) atoms. The molecule has 1 aliphatic rings. The molecule has 0 radical (unpaired) electrons. The molecule has 2 N–H and O–H groups in total. The van der Waals surface area contributed by atoms with Crippen molar-refractivity contribution in [3.05, 3.63) is 29.8 Å². The highest BCUT2D eigenvalue weighted by Gasteiger charge is 2.32. The summed E-state index contributed by atoms with van der Waals surface area (Å²) in [5.74, 6) is -1.09. The molecule has 1 saturated heterocycles. The summed E-state index contributed by atoms with van der Waals surface area (Å²) in [4.78, 5) is 40.0. The first kappa shape index (κ1) is 23.5. The molecule has 0 bridgehead atoms. The molecular weight excluding hydrogens is 386 g/mol. The third-order valence-corrected chi connectivity index (χ3v) is 4.75. The van der Waals surface area contributed by atoms with E-state index in [1.807, 2.05) is 41.5 Å². The number of ether oxygens (including phenoxy) is 1. The lowest BCUT2D eigenvalue weighted by Gasteiger charge is -2.35. The Hall–Kier alpha value is -2.77.